The van der Waals surface area contributed by atoms with Crippen molar-refractivity contribution in [1.29, 1.82) is 5.26 Å². The quantitative estimate of drug-likeness (QED) is 0.916. The van der Waals surface area contributed by atoms with Gasteiger partial charge >= 0.3 is 0 Å². The van der Waals surface area contributed by atoms with Crippen LogP contribution < -0.4 is 10.2 Å². The summed E-state index contributed by atoms with van der Waals surface area (Å²) in [5, 5.41) is 11.5. The highest BCUT2D eigenvalue weighted by Crippen LogP contribution is 2.12. The van der Waals surface area contributed by atoms with Crippen LogP contribution >= 0.6 is 0 Å². The number of hydrogen-bond acceptors (Lipinski definition) is 5. The fourth-order valence-corrected chi connectivity index (χ4v) is 1.97. The lowest BCUT2D eigenvalue weighted by Gasteiger charge is -2.18. The predicted octanol–water partition coefficient (Wildman–Crippen LogP) is 2.45. The van der Waals surface area contributed by atoms with Crippen LogP contribution in [0.5, 0.6) is 0 Å². The van der Waals surface area contributed by atoms with Crippen LogP contribution in [0.3, 0.4) is 0 Å². The van der Waals surface area contributed by atoms with E-state index in [1.54, 1.807) is 30.5 Å². The molecule has 1 heterocycles. The van der Waals surface area contributed by atoms with E-state index < -0.39 is 0 Å². The Morgan fingerprint density at radius 3 is 2.36 bits per heavy atom. The van der Waals surface area contributed by atoms with Crippen molar-refractivity contribution in [3.8, 4) is 6.07 Å². The van der Waals surface area contributed by atoms with E-state index in [2.05, 4.69) is 20.2 Å². The number of carbonyl (C=O) groups is 1. The summed E-state index contributed by atoms with van der Waals surface area (Å²) in [4.78, 5) is 22.6. The zero-order valence-electron chi connectivity index (χ0n) is 12.6. The predicted molar refractivity (Wildman–Crippen MR) is 84.7 cm³/mol. The lowest BCUT2D eigenvalue weighted by molar-refractivity contribution is 0.102. The molecule has 0 aliphatic heterocycles. The molecular weight excluding hydrogens is 278 g/mol. The van der Waals surface area contributed by atoms with E-state index in [4.69, 9.17) is 5.26 Å². The minimum Gasteiger partial charge on any atom is -0.356 e. The Kier molecular flexibility index (Phi) is 5.04. The first-order valence-corrected chi connectivity index (χ1v) is 7.06. The van der Waals surface area contributed by atoms with Gasteiger partial charge in [0.25, 0.3) is 5.91 Å². The van der Waals surface area contributed by atoms with Gasteiger partial charge in [-0.15, -0.1) is 0 Å². The fraction of sp³-hybridized carbons (Fsp3) is 0.250. The first-order valence-electron chi connectivity index (χ1n) is 7.06. The molecule has 112 valence electrons. The summed E-state index contributed by atoms with van der Waals surface area (Å²) >= 11 is 0. The third-order valence-corrected chi connectivity index (χ3v) is 3.23. The molecule has 0 radical (unpaired) electrons. The van der Waals surface area contributed by atoms with Crippen LogP contribution in [0.15, 0.2) is 36.7 Å². The highest BCUT2D eigenvalue weighted by molar-refractivity contribution is 6.02. The van der Waals surface area contributed by atoms with Crippen LogP contribution in [-0.2, 0) is 0 Å². The molecule has 0 fully saturated rings. The Morgan fingerprint density at radius 1 is 1.18 bits per heavy atom. The Labute approximate surface area is 129 Å². The fourth-order valence-electron chi connectivity index (χ4n) is 1.97. The number of benzene rings is 1. The average molecular weight is 295 g/mol. The zero-order valence-corrected chi connectivity index (χ0v) is 12.6. The Morgan fingerprint density at radius 2 is 1.86 bits per heavy atom. The largest absolute Gasteiger partial charge is 0.356 e. The van der Waals surface area contributed by atoms with Crippen molar-refractivity contribution in [2.24, 2.45) is 0 Å². The van der Waals surface area contributed by atoms with Gasteiger partial charge in [-0.2, -0.15) is 5.26 Å². The van der Waals surface area contributed by atoms with E-state index >= 15 is 0 Å². The van der Waals surface area contributed by atoms with Crippen molar-refractivity contribution in [3.05, 3.63) is 47.9 Å². The van der Waals surface area contributed by atoms with Gasteiger partial charge in [0.2, 0.25) is 0 Å². The molecule has 0 unspecified atom stereocenters. The molecule has 1 aromatic heterocycles. The standard InChI is InChI=1S/C16H17N5O/c1-3-21(4-2)15-11-18-14(10-19-15)16(22)20-13-7-5-12(9-17)6-8-13/h5-8,10-11H,3-4H2,1-2H3,(H,20,22). The van der Waals surface area contributed by atoms with Crippen molar-refractivity contribution < 1.29 is 4.79 Å². The second kappa shape index (κ2) is 7.18. The number of hydrogen-bond donors (Lipinski definition) is 1. The number of nitriles is 1. The highest BCUT2D eigenvalue weighted by atomic mass is 16.1. The molecule has 0 saturated carbocycles. The lowest BCUT2D eigenvalue weighted by Crippen LogP contribution is -2.23. The second-order valence-electron chi connectivity index (χ2n) is 4.58. The maximum atomic E-state index is 12.1. The van der Waals surface area contributed by atoms with Crippen molar-refractivity contribution in [2.75, 3.05) is 23.3 Å². The SMILES string of the molecule is CCN(CC)c1cnc(C(=O)Nc2ccc(C#N)cc2)cn1. The number of carbonyl (C=O) groups excluding carboxylic acids is 1. The third-order valence-electron chi connectivity index (χ3n) is 3.23. The monoisotopic (exact) mass is 295 g/mol. The van der Waals surface area contributed by atoms with Gasteiger partial charge < -0.3 is 10.2 Å². The van der Waals surface area contributed by atoms with Crippen molar-refractivity contribution in [2.45, 2.75) is 13.8 Å². The molecule has 0 bridgehead atoms. The molecule has 6 nitrogen and oxygen atoms in total. The number of nitrogens with zero attached hydrogens (tertiary/aromatic N) is 4. The van der Waals surface area contributed by atoms with Crippen LogP contribution in [0.25, 0.3) is 0 Å². The van der Waals surface area contributed by atoms with Crippen LogP contribution in [0.1, 0.15) is 29.9 Å². The molecule has 0 atom stereocenters. The van der Waals surface area contributed by atoms with Crippen molar-refractivity contribution >= 4 is 17.4 Å². The summed E-state index contributed by atoms with van der Waals surface area (Å²) in [7, 11) is 0. The van der Waals surface area contributed by atoms with Gasteiger partial charge in [-0.05, 0) is 38.1 Å². The summed E-state index contributed by atoms with van der Waals surface area (Å²) in [6.45, 7) is 5.75. The first kappa shape index (κ1) is 15.4. The van der Waals surface area contributed by atoms with E-state index in [-0.39, 0.29) is 11.6 Å². The Bertz CT molecular complexity index is 669. The number of anilines is 2. The van der Waals surface area contributed by atoms with Crippen LogP contribution in [0, 0.1) is 11.3 Å². The van der Waals surface area contributed by atoms with E-state index in [1.807, 2.05) is 19.9 Å². The average Bonchev–Trinajstić information content (AvgIpc) is 2.57. The van der Waals surface area contributed by atoms with E-state index in [0.717, 1.165) is 18.9 Å². The van der Waals surface area contributed by atoms with E-state index in [1.165, 1.54) is 6.20 Å². The molecule has 6 heteroatoms. The van der Waals surface area contributed by atoms with Crippen molar-refractivity contribution in [1.82, 2.24) is 9.97 Å². The van der Waals surface area contributed by atoms with Crippen LogP contribution in [0.2, 0.25) is 0 Å². The summed E-state index contributed by atoms with van der Waals surface area (Å²) in [5.74, 6) is 0.420. The second-order valence-corrected chi connectivity index (χ2v) is 4.58. The number of aromatic nitrogens is 2. The summed E-state index contributed by atoms with van der Waals surface area (Å²) < 4.78 is 0. The number of rotatable bonds is 5. The van der Waals surface area contributed by atoms with Gasteiger partial charge in [-0.1, -0.05) is 0 Å². The molecule has 0 saturated heterocycles. The first-order chi connectivity index (χ1) is 10.7. The zero-order chi connectivity index (χ0) is 15.9. The minimum atomic E-state index is -0.330. The Balaban J connectivity index is 2.07. The van der Waals surface area contributed by atoms with Gasteiger partial charge in [0.15, 0.2) is 0 Å². The topological polar surface area (TPSA) is 81.9 Å². The molecule has 1 N–H and O–H groups in total. The van der Waals surface area contributed by atoms with Gasteiger partial charge in [0.05, 0.1) is 24.0 Å². The Hall–Kier alpha value is -2.94. The summed E-state index contributed by atoms with van der Waals surface area (Å²) in [5.41, 5.74) is 1.40. The lowest BCUT2D eigenvalue weighted by atomic mass is 10.2. The van der Waals surface area contributed by atoms with Gasteiger partial charge in [-0.3, -0.25) is 4.79 Å². The summed E-state index contributed by atoms with van der Waals surface area (Å²) in [6, 6.07) is 8.66. The van der Waals surface area contributed by atoms with Gasteiger partial charge in [-0.25, -0.2) is 9.97 Å². The molecule has 1 aromatic carbocycles. The maximum Gasteiger partial charge on any atom is 0.275 e. The van der Waals surface area contributed by atoms with E-state index in [0.29, 0.717) is 11.3 Å². The van der Waals surface area contributed by atoms with Crippen LogP contribution in [-0.4, -0.2) is 29.0 Å². The maximum absolute atomic E-state index is 12.1. The molecule has 0 aliphatic carbocycles. The van der Waals surface area contributed by atoms with Crippen LogP contribution in [0.4, 0.5) is 11.5 Å². The normalized spacial score (nSPS) is 9.86. The molecule has 2 aromatic rings. The third kappa shape index (κ3) is 3.58. The molecule has 2 rings (SSSR count). The number of amides is 1. The van der Waals surface area contributed by atoms with Crippen molar-refractivity contribution in [3.63, 3.8) is 0 Å². The molecule has 0 spiro atoms. The molecule has 0 aliphatic rings. The van der Waals surface area contributed by atoms with E-state index in [9.17, 15) is 4.79 Å². The smallest absolute Gasteiger partial charge is 0.275 e. The highest BCUT2D eigenvalue weighted by Gasteiger charge is 2.10. The molecule has 22 heavy (non-hydrogen) atoms. The molecular formula is C16H17N5O. The van der Waals surface area contributed by atoms with Gasteiger partial charge in [0, 0.05) is 18.8 Å². The molecule has 1 amide bonds. The number of nitrogens with one attached hydrogen (secondary N) is 1. The summed E-state index contributed by atoms with van der Waals surface area (Å²) in [6.07, 6.45) is 3.06. The minimum absolute atomic E-state index is 0.250. The van der Waals surface area contributed by atoms with Gasteiger partial charge in [0.1, 0.15) is 11.5 Å².